The highest BCUT2D eigenvalue weighted by Gasteiger charge is 2.26. The Morgan fingerprint density at radius 3 is 2.77 bits per heavy atom. The summed E-state index contributed by atoms with van der Waals surface area (Å²) in [5.41, 5.74) is 7.28. The number of hydrogen-bond acceptors (Lipinski definition) is 5. The number of aromatic nitrogens is 3. The van der Waals surface area contributed by atoms with Crippen molar-refractivity contribution in [3.05, 3.63) is 76.5 Å². The summed E-state index contributed by atoms with van der Waals surface area (Å²) in [5, 5.41) is 15.3. The van der Waals surface area contributed by atoms with Gasteiger partial charge in [0.2, 0.25) is 0 Å². The maximum atomic E-state index is 13.1. The number of pyridine rings is 1. The van der Waals surface area contributed by atoms with Crippen LogP contribution in [0, 0.1) is 0 Å². The van der Waals surface area contributed by atoms with Crippen molar-refractivity contribution in [2.75, 3.05) is 0 Å². The topological polar surface area (TPSA) is 79.5 Å². The van der Waals surface area contributed by atoms with Crippen LogP contribution in [-0.2, 0) is 6.42 Å². The predicted octanol–water partition coefficient (Wildman–Crippen LogP) is 4.08. The molecule has 6 nitrogen and oxygen atoms in total. The second-order valence-corrected chi connectivity index (χ2v) is 8.82. The van der Waals surface area contributed by atoms with Gasteiger partial charge in [0.15, 0.2) is 0 Å². The standard InChI is InChI=1S/C24H24N4O2S/c29-22-4-2-1-3-20(22)27-24(30)19-12-17(13-28-10-9-25-23(19)28)11-16-5-7-18(8-6-16)21-14-31-15-26-21/h5-10,12-15,20,22,29H,1-4,11H2,(H,27,30)/t20-,22-/m0/s1. The van der Waals surface area contributed by atoms with Gasteiger partial charge in [-0.15, -0.1) is 11.3 Å². The predicted molar refractivity (Wildman–Crippen MR) is 121 cm³/mol. The van der Waals surface area contributed by atoms with E-state index in [-0.39, 0.29) is 11.9 Å². The van der Waals surface area contributed by atoms with Crippen molar-refractivity contribution in [3.63, 3.8) is 0 Å². The van der Waals surface area contributed by atoms with Crippen molar-refractivity contribution in [2.24, 2.45) is 0 Å². The second kappa shape index (κ2) is 8.61. The Labute approximate surface area is 184 Å². The molecule has 3 heterocycles. The second-order valence-electron chi connectivity index (χ2n) is 8.10. The van der Waals surface area contributed by atoms with Crippen LogP contribution in [-0.4, -0.2) is 37.5 Å². The van der Waals surface area contributed by atoms with Crippen LogP contribution in [0.3, 0.4) is 0 Å². The van der Waals surface area contributed by atoms with E-state index in [4.69, 9.17) is 0 Å². The maximum Gasteiger partial charge on any atom is 0.255 e. The summed E-state index contributed by atoms with van der Waals surface area (Å²) in [6.07, 6.45) is 9.38. The van der Waals surface area contributed by atoms with Crippen LogP contribution in [0.2, 0.25) is 0 Å². The first-order valence-electron chi connectivity index (χ1n) is 10.6. The van der Waals surface area contributed by atoms with Gasteiger partial charge in [-0.3, -0.25) is 4.79 Å². The van der Waals surface area contributed by atoms with Gasteiger partial charge in [0.05, 0.1) is 28.9 Å². The zero-order valence-corrected chi connectivity index (χ0v) is 17.9. The van der Waals surface area contributed by atoms with Crippen LogP contribution in [0.1, 0.15) is 47.2 Å². The van der Waals surface area contributed by atoms with E-state index in [2.05, 4.69) is 39.6 Å². The van der Waals surface area contributed by atoms with Crippen molar-refractivity contribution in [2.45, 2.75) is 44.2 Å². The first-order valence-corrected chi connectivity index (χ1v) is 11.5. The number of carbonyl (C=O) groups is 1. The van der Waals surface area contributed by atoms with Crippen molar-refractivity contribution in [1.82, 2.24) is 19.7 Å². The molecule has 0 aliphatic heterocycles. The van der Waals surface area contributed by atoms with Crippen LogP contribution in [0.25, 0.3) is 16.9 Å². The average Bonchev–Trinajstić information content (AvgIpc) is 3.47. The molecule has 1 aliphatic rings. The van der Waals surface area contributed by atoms with E-state index < -0.39 is 6.10 Å². The fourth-order valence-corrected chi connectivity index (χ4v) is 4.83. The molecule has 1 fully saturated rings. The highest BCUT2D eigenvalue weighted by Crippen LogP contribution is 2.23. The molecule has 158 valence electrons. The molecule has 1 amide bonds. The van der Waals surface area contributed by atoms with Gasteiger partial charge in [-0.2, -0.15) is 0 Å². The minimum atomic E-state index is -0.479. The Balaban J connectivity index is 1.39. The fourth-order valence-electron chi connectivity index (χ4n) is 4.27. The Bertz CT molecular complexity index is 1180. The molecule has 1 aliphatic carbocycles. The Morgan fingerprint density at radius 2 is 2.00 bits per heavy atom. The highest BCUT2D eigenvalue weighted by molar-refractivity contribution is 7.07. The van der Waals surface area contributed by atoms with Gasteiger partial charge < -0.3 is 14.8 Å². The van der Waals surface area contributed by atoms with E-state index in [1.807, 2.05) is 33.8 Å². The van der Waals surface area contributed by atoms with Gasteiger partial charge in [0, 0.05) is 29.5 Å². The van der Waals surface area contributed by atoms with E-state index in [9.17, 15) is 9.90 Å². The summed E-state index contributed by atoms with van der Waals surface area (Å²) < 4.78 is 1.89. The molecule has 2 N–H and O–H groups in total. The molecule has 0 radical (unpaired) electrons. The van der Waals surface area contributed by atoms with Crippen LogP contribution in [0.15, 0.2) is 59.8 Å². The van der Waals surface area contributed by atoms with Gasteiger partial charge in [0.25, 0.3) is 5.91 Å². The fraction of sp³-hybridized carbons (Fsp3) is 0.292. The minimum absolute atomic E-state index is 0.178. The number of nitrogens with zero attached hydrogens (tertiary/aromatic N) is 3. The number of nitrogens with one attached hydrogen (secondary N) is 1. The number of rotatable bonds is 5. The van der Waals surface area contributed by atoms with Crippen molar-refractivity contribution in [1.29, 1.82) is 0 Å². The van der Waals surface area contributed by atoms with Crippen LogP contribution in [0.4, 0.5) is 0 Å². The molecule has 5 rings (SSSR count). The number of amides is 1. The monoisotopic (exact) mass is 432 g/mol. The molecular formula is C24H24N4O2S. The van der Waals surface area contributed by atoms with E-state index in [1.54, 1.807) is 17.5 Å². The number of hydrogen-bond donors (Lipinski definition) is 2. The highest BCUT2D eigenvalue weighted by atomic mass is 32.1. The van der Waals surface area contributed by atoms with Gasteiger partial charge in [-0.05, 0) is 36.5 Å². The molecule has 0 bridgehead atoms. The molecule has 4 aromatic rings. The van der Waals surface area contributed by atoms with Gasteiger partial charge in [-0.25, -0.2) is 9.97 Å². The molecule has 0 spiro atoms. The lowest BCUT2D eigenvalue weighted by atomic mass is 9.92. The summed E-state index contributed by atoms with van der Waals surface area (Å²) >= 11 is 1.59. The Hall–Kier alpha value is -3.03. The molecule has 31 heavy (non-hydrogen) atoms. The van der Waals surface area contributed by atoms with Crippen LogP contribution < -0.4 is 5.32 Å². The molecule has 1 aromatic carbocycles. The third-order valence-corrected chi connectivity index (χ3v) is 6.51. The van der Waals surface area contributed by atoms with E-state index in [0.717, 1.165) is 48.1 Å². The van der Waals surface area contributed by atoms with Gasteiger partial charge >= 0.3 is 0 Å². The average molecular weight is 433 g/mol. The SMILES string of the molecule is O=C(N[C@H]1CCCC[C@@H]1O)c1cc(Cc2ccc(-c3cscn3)cc2)cn2ccnc12. The largest absolute Gasteiger partial charge is 0.391 e. The molecule has 2 atom stereocenters. The third-order valence-electron chi connectivity index (χ3n) is 5.93. The number of benzene rings is 1. The summed E-state index contributed by atoms with van der Waals surface area (Å²) in [6.45, 7) is 0. The first kappa shape index (κ1) is 19.9. The molecule has 7 heteroatoms. The first-order chi connectivity index (χ1) is 15.2. The molecular weight excluding hydrogens is 408 g/mol. The quantitative estimate of drug-likeness (QED) is 0.498. The Morgan fingerprint density at radius 1 is 1.16 bits per heavy atom. The lowest BCUT2D eigenvalue weighted by Crippen LogP contribution is -2.45. The van der Waals surface area contributed by atoms with Crippen LogP contribution >= 0.6 is 11.3 Å². The number of imidazole rings is 1. The Kier molecular flexibility index (Phi) is 5.53. The van der Waals surface area contributed by atoms with Crippen molar-refractivity contribution < 1.29 is 9.90 Å². The van der Waals surface area contributed by atoms with Crippen LogP contribution in [0.5, 0.6) is 0 Å². The lowest BCUT2D eigenvalue weighted by molar-refractivity contribution is 0.0718. The van der Waals surface area contributed by atoms with E-state index >= 15 is 0 Å². The summed E-state index contributed by atoms with van der Waals surface area (Å²) in [7, 11) is 0. The normalized spacial score (nSPS) is 18.9. The summed E-state index contributed by atoms with van der Waals surface area (Å²) in [4.78, 5) is 21.8. The zero-order chi connectivity index (χ0) is 21.2. The molecule has 1 saturated carbocycles. The molecule has 0 saturated heterocycles. The maximum absolute atomic E-state index is 13.1. The summed E-state index contributed by atoms with van der Waals surface area (Å²) in [6, 6.07) is 10.1. The molecule has 3 aromatic heterocycles. The number of carbonyl (C=O) groups excluding carboxylic acids is 1. The lowest BCUT2D eigenvalue weighted by Gasteiger charge is -2.28. The third kappa shape index (κ3) is 4.24. The van der Waals surface area contributed by atoms with E-state index in [1.165, 1.54) is 0 Å². The zero-order valence-electron chi connectivity index (χ0n) is 17.1. The van der Waals surface area contributed by atoms with E-state index in [0.29, 0.717) is 17.6 Å². The summed E-state index contributed by atoms with van der Waals surface area (Å²) in [5.74, 6) is -0.178. The minimum Gasteiger partial charge on any atom is -0.391 e. The number of aliphatic hydroxyl groups excluding tert-OH is 1. The number of aliphatic hydroxyl groups is 1. The van der Waals surface area contributed by atoms with Gasteiger partial charge in [-0.1, -0.05) is 37.1 Å². The number of thiazole rings is 1. The smallest absolute Gasteiger partial charge is 0.255 e. The van der Waals surface area contributed by atoms with Gasteiger partial charge in [0.1, 0.15) is 5.65 Å². The number of fused-ring (bicyclic) bond motifs is 1. The van der Waals surface area contributed by atoms with Crippen molar-refractivity contribution >= 4 is 22.9 Å². The molecule has 0 unspecified atom stereocenters. The van der Waals surface area contributed by atoms with Crippen molar-refractivity contribution in [3.8, 4) is 11.3 Å².